The van der Waals surface area contributed by atoms with E-state index >= 15 is 0 Å². The molecule has 0 bridgehead atoms. The first-order valence-electron chi connectivity index (χ1n) is 6.51. The molecule has 1 aliphatic heterocycles. The highest BCUT2D eigenvalue weighted by Crippen LogP contribution is 2.31. The first-order chi connectivity index (χ1) is 9.76. The molecular weight excluding hydrogens is 296 g/mol. The Morgan fingerprint density at radius 2 is 2.15 bits per heavy atom. The average Bonchev–Trinajstić information content (AvgIpc) is 2.48. The summed E-state index contributed by atoms with van der Waals surface area (Å²) in [6, 6.07) is 0. The molecule has 0 aromatic carbocycles. The fourth-order valence-corrected chi connectivity index (χ4v) is 2.87. The van der Waals surface area contributed by atoms with E-state index in [-0.39, 0.29) is 5.28 Å². The molecule has 0 radical (unpaired) electrons. The van der Waals surface area contributed by atoms with Crippen LogP contribution in [0, 0.1) is 0 Å². The molecule has 5 nitrogen and oxygen atoms in total. The van der Waals surface area contributed by atoms with Crippen LogP contribution in [0.1, 0.15) is 5.69 Å². The predicted octanol–water partition coefficient (Wildman–Crippen LogP) is 1.92. The molecule has 0 spiro atoms. The molecule has 0 aliphatic carbocycles. The zero-order valence-corrected chi connectivity index (χ0v) is 13.3. The summed E-state index contributed by atoms with van der Waals surface area (Å²) >= 11 is 7.72. The number of morpholine rings is 1. The Labute approximate surface area is 128 Å². The van der Waals surface area contributed by atoms with E-state index in [9.17, 15) is 0 Å². The van der Waals surface area contributed by atoms with Crippen LogP contribution in [0.3, 0.4) is 0 Å². The van der Waals surface area contributed by atoms with Crippen LogP contribution in [0.4, 0.5) is 5.82 Å². The Morgan fingerprint density at radius 1 is 1.40 bits per heavy atom. The van der Waals surface area contributed by atoms with Crippen LogP contribution in [-0.4, -0.2) is 56.1 Å². The van der Waals surface area contributed by atoms with Gasteiger partial charge in [-0.2, -0.15) is 4.98 Å². The highest BCUT2D eigenvalue weighted by atomic mass is 35.5. The largest absolute Gasteiger partial charge is 0.378 e. The van der Waals surface area contributed by atoms with E-state index in [4.69, 9.17) is 16.3 Å². The number of nitrogens with zero attached hydrogens (tertiary/aromatic N) is 3. The molecule has 0 unspecified atom stereocenters. The third-order valence-electron chi connectivity index (χ3n) is 2.96. The average molecular weight is 315 g/mol. The van der Waals surface area contributed by atoms with Crippen LogP contribution < -0.4 is 10.2 Å². The second kappa shape index (κ2) is 7.83. The number of rotatable bonds is 5. The lowest BCUT2D eigenvalue weighted by Crippen LogP contribution is -2.37. The summed E-state index contributed by atoms with van der Waals surface area (Å²) in [5.41, 5.74) is 0.870. The molecule has 1 aromatic heterocycles. The summed E-state index contributed by atoms with van der Waals surface area (Å²) in [6.45, 7) is 3.91. The second-order valence-electron chi connectivity index (χ2n) is 4.29. The van der Waals surface area contributed by atoms with Gasteiger partial charge in [0.25, 0.3) is 0 Å². The van der Waals surface area contributed by atoms with Crippen molar-refractivity contribution in [1.82, 2.24) is 15.3 Å². The van der Waals surface area contributed by atoms with Gasteiger partial charge in [-0.3, -0.25) is 0 Å². The van der Waals surface area contributed by atoms with E-state index in [1.807, 2.05) is 25.5 Å². The van der Waals surface area contributed by atoms with Crippen LogP contribution in [0.5, 0.6) is 0 Å². The first kappa shape index (κ1) is 15.6. The van der Waals surface area contributed by atoms with E-state index in [0.717, 1.165) is 49.3 Å². The molecule has 1 saturated heterocycles. The molecule has 1 aromatic rings. The molecule has 2 rings (SSSR count). The van der Waals surface area contributed by atoms with Gasteiger partial charge in [0.15, 0.2) is 0 Å². The van der Waals surface area contributed by atoms with Crippen molar-refractivity contribution < 1.29 is 4.74 Å². The topological polar surface area (TPSA) is 50.3 Å². The van der Waals surface area contributed by atoms with Gasteiger partial charge < -0.3 is 15.0 Å². The third-order valence-corrected chi connectivity index (χ3v) is 3.93. The van der Waals surface area contributed by atoms with Gasteiger partial charge in [0.2, 0.25) is 5.28 Å². The quantitative estimate of drug-likeness (QED) is 0.662. The zero-order chi connectivity index (χ0) is 14.4. The number of hydrogen-bond acceptors (Lipinski definition) is 6. The minimum absolute atomic E-state index is 0.286. The summed E-state index contributed by atoms with van der Waals surface area (Å²) in [4.78, 5) is 12.0. The van der Waals surface area contributed by atoms with Crippen molar-refractivity contribution in [3.05, 3.63) is 17.1 Å². The smallest absolute Gasteiger partial charge is 0.224 e. The fraction of sp³-hybridized carbons (Fsp3) is 0.538. The number of likely N-dealkylation sites (N-methyl/N-ethyl adjacent to an activating group) is 1. The Morgan fingerprint density at radius 3 is 2.80 bits per heavy atom. The summed E-state index contributed by atoms with van der Waals surface area (Å²) in [7, 11) is 1.91. The normalized spacial score (nSPS) is 16.1. The summed E-state index contributed by atoms with van der Waals surface area (Å²) < 4.78 is 5.39. The lowest BCUT2D eigenvalue weighted by molar-refractivity contribution is 0.122. The molecule has 0 amide bonds. The van der Waals surface area contributed by atoms with Crippen molar-refractivity contribution in [3.63, 3.8) is 0 Å². The summed E-state index contributed by atoms with van der Waals surface area (Å²) in [6.07, 6.45) is 6.05. The van der Waals surface area contributed by atoms with Gasteiger partial charge in [0.1, 0.15) is 5.82 Å². The van der Waals surface area contributed by atoms with Crippen molar-refractivity contribution >= 4 is 35.3 Å². The van der Waals surface area contributed by atoms with Crippen molar-refractivity contribution in [1.29, 1.82) is 0 Å². The van der Waals surface area contributed by atoms with Gasteiger partial charge in [0, 0.05) is 19.6 Å². The van der Waals surface area contributed by atoms with Gasteiger partial charge in [-0.15, -0.1) is 11.8 Å². The van der Waals surface area contributed by atoms with E-state index in [1.54, 1.807) is 11.8 Å². The van der Waals surface area contributed by atoms with Crippen LogP contribution in [0.2, 0.25) is 5.28 Å². The van der Waals surface area contributed by atoms with Gasteiger partial charge in [-0.25, -0.2) is 4.98 Å². The Hall–Kier alpha value is -0.820. The summed E-state index contributed by atoms with van der Waals surface area (Å²) in [5.74, 6) is 0.907. The van der Waals surface area contributed by atoms with Crippen LogP contribution in [-0.2, 0) is 4.74 Å². The number of anilines is 1. The van der Waals surface area contributed by atoms with Crippen LogP contribution >= 0.6 is 23.4 Å². The molecule has 20 heavy (non-hydrogen) atoms. The van der Waals surface area contributed by atoms with Crippen molar-refractivity contribution in [2.24, 2.45) is 0 Å². The molecule has 7 heteroatoms. The molecule has 0 saturated carbocycles. The van der Waals surface area contributed by atoms with Crippen molar-refractivity contribution in [2.45, 2.75) is 4.90 Å². The van der Waals surface area contributed by atoms with Crippen LogP contribution in [0.15, 0.2) is 11.0 Å². The molecule has 0 atom stereocenters. The minimum atomic E-state index is 0.286. The maximum atomic E-state index is 6.07. The molecule has 1 N–H and O–H groups in total. The molecule has 110 valence electrons. The first-order valence-corrected chi connectivity index (χ1v) is 8.12. The Bertz CT molecular complexity index is 478. The summed E-state index contributed by atoms with van der Waals surface area (Å²) in [5, 5.41) is 3.36. The molecular formula is C13H19ClN4OS. The SMILES string of the molecule is CNC/C=C/c1nc(Cl)nc(N2CCOCC2)c1SC. The Kier molecular flexibility index (Phi) is 6.09. The van der Waals surface area contributed by atoms with Gasteiger partial charge >= 0.3 is 0 Å². The molecule has 1 fully saturated rings. The number of thioether (sulfide) groups is 1. The zero-order valence-electron chi connectivity index (χ0n) is 11.7. The lowest BCUT2D eigenvalue weighted by Gasteiger charge is -2.29. The number of halogens is 1. The predicted molar refractivity (Wildman–Crippen MR) is 84.8 cm³/mol. The van der Waals surface area contributed by atoms with E-state index in [2.05, 4.69) is 20.2 Å². The van der Waals surface area contributed by atoms with Crippen molar-refractivity contribution in [2.75, 3.05) is 51.1 Å². The minimum Gasteiger partial charge on any atom is -0.378 e. The molecule has 2 heterocycles. The number of aromatic nitrogens is 2. The standard InChI is InChI=1S/C13H19ClN4OS/c1-15-5-3-4-10-11(20-2)12(17-13(14)16-10)18-6-8-19-9-7-18/h3-4,15H,5-9H2,1-2H3/b4-3+. The van der Waals surface area contributed by atoms with Gasteiger partial charge in [0.05, 0.1) is 23.8 Å². The highest BCUT2D eigenvalue weighted by molar-refractivity contribution is 7.98. The Balaban J connectivity index is 2.34. The highest BCUT2D eigenvalue weighted by Gasteiger charge is 2.19. The van der Waals surface area contributed by atoms with Gasteiger partial charge in [-0.1, -0.05) is 6.08 Å². The number of nitrogens with one attached hydrogen (secondary N) is 1. The molecule has 1 aliphatic rings. The van der Waals surface area contributed by atoms with E-state index < -0.39 is 0 Å². The monoisotopic (exact) mass is 314 g/mol. The van der Waals surface area contributed by atoms with Crippen LogP contribution in [0.25, 0.3) is 6.08 Å². The maximum Gasteiger partial charge on any atom is 0.224 e. The van der Waals surface area contributed by atoms with E-state index in [0.29, 0.717) is 0 Å². The third kappa shape index (κ3) is 3.85. The fourth-order valence-electron chi connectivity index (χ4n) is 2.01. The second-order valence-corrected chi connectivity index (χ2v) is 5.45. The number of hydrogen-bond donors (Lipinski definition) is 1. The lowest BCUT2D eigenvalue weighted by atomic mass is 10.3. The van der Waals surface area contributed by atoms with Crippen molar-refractivity contribution in [3.8, 4) is 0 Å². The van der Waals surface area contributed by atoms with E-state index in [1.165, 1.54) is 0 Å². The van der Waals surface area contributed by atoms with Gasteiger partial charge in [-0.05, 0) is 31.0 Å². The number of ether oxygens (including phenoxy) is 1. The maximum absolute atomic E-state index is 6.07.